The van der Waals surface area contributed by atoms with Crippen molar-refractivity contribution in [2.75, 3.05) is 0 Å². The lowest BCUT2D eigenvalue weighted by atomic mass is 10.0. The fourth-order valence-electron chi connectivity index (χ4n) is 1.44. The lowest BCUT2D eigenvalue weighted by Gasteiger charge is -2.04. The van der Waals surface area contributed by atoms with Gasteiger partial charge in [0.05, 0.1) is 11.6 Å². The zero-order valence-corrected chi connectivity index (χ0v) is 8.42. The predicted octanol–water partition coefficient (Wildman–Crippen LogP) is 3.04. The van der Waals surface area contributed by atoms with E-state index < -0.39 is 17.7 Å². The Kier molecular flexibility index (Phi) is 2.79. The number of nitrogens with zero attached hydrogens (tertiary/aromatic N) is 2. The first-order valence-electron chi connectivity index (χ1n) is 4.63. The van der Waals surface area contributed by atoms with E-state index in [4.69, 9.17) is 5.26 Å². The van der Waals surface area contributed by atoms with E-state index in [0.29, 0.717) is 0 Å². The molecular weight excluding hydrogens is 229 g/mol. The van der Waals surface area contributed by atoms with Gasteiger partial charge in [-0.05, 0) is 23.8 Å². The van der Waals surface area contributed by atoms with E-state index in [9.17, 15) is 13.2 Å². The van der Waals surface area contributed by atoms with Crippen molar-refractivity contribution in [3.63, 3.8) is 0 Å². The quantitative estimate of drug-likeness (QED) is 0.711. The summed E-state index contributed by atoms with van der Waals surface area (Å²) in [4.78, 5) is 2.91. The minimum atomic E-state index is -1.04. The SMILES string of the molecule is N#Cc1ccc(F)c(-c2cc(F)nc(F)c2)c1. The highest BCUT2D eigenvalue weighted by molar-refractivity contribution is 5.65. The fraction of sp³-hybridized carbons (Fsp3) is 0. The lowest BCUT2D eigenvalue weighted by Crippen LogP contribution is -1.92. The topological polar surface area (TPSA) is 36.7 Å². The minimum Gasteiger partial charge on any atom is -0.206 e. The van der Waals surface area contributed by atoms with Gasteiger partial charge in [0.1, 0.15) is 5.82 Å². The van der Waals surface area contributed by atoms with Gasteiger partial charge >= 0.3 is 0 Å². The Hall–Kier alpha value is -2.35. The Balaban J connectivity index is 2.63. The minimum absolute atomic E-state index is 0.00426. The second-order valence-corrected chi connectivity index (χ2v) is 3.31. The van der Waals surface area contributed by atoms with Gasteiger partial charge in [-0.1, -0.05) is 0 Å². The third-order valence-corrected chi connectivity index (χ3v) is 2.17. The molecule has 0 bridgehead atoms. The molecule has 0 unspecified atom stereocenters. The zero-order valence-electron chi connectivity index (χ0n) is 8.42. The highest BCUT2D eigenvalue weighted by Crippen LogP contribution is 2.24. The Labute approximate surface area is 95.0 Å². The van der Waals surface area contributed by atoms with Crippen LogP contribution in [0.15, 0.2) is 30.3 Å². The molecule has 0 radical (unpaired) electrons. The van der Waals surface area contributed by atoms with E-state index in [1.807, 2.05) is 6.07 Å². The van der Waals surface area contributed by atoms with Crippen molar-refractivity contribution in [2.24, 2.45) is 0 Å². The second kappa shape index (κ2) is 4.26. The molecule has 1 aromatic carbocycles. The predicted molar refractivity (Wildman–Crippen MR) is 54.3 cm³/mol. The van der Waals surface area contributed by atoms with Crippen LogP contribution < -0.4 is 0 Å². The van der Waals surface area contributed by atoms with Crippen LogP contribution in [0, 0.1) is 29.0 Å². The van der Waals surface area contributed by atoms with Crippen LogP contribution in [0.2, 0.25) is 0 Å². The third-order valence-electron chi connectivity index (χ3n) is 2.17. The molecule has 2 nitrogen and oxygen atoms in total. The summed E-state index contributed by atoms with van der Waals surface area (Å²) >= 11 is 0. The molecule has 0 saturated heterocycles. The van der Waals surface area contributed by atoms with Crippen molar-refractivity contribution in [1.29, 1.82) is 5.26 Å². The van der Waals surface area contributed by atoms with E-state index >= 15 is 0 Å². The summed E-state index contributed by atoms with van der Waals surface area (Å²) in [5.41, 5.74) is 0.174. The van der Waals surface area contributed by atoms with Crippen LogP contribution >= 0.6 is 0 Å². The van der Waals surface area contributed by atoms with Crippen LogP contribution in [-0.4, -0.2) is 4.98 Å². The van der Waals surface area contributed by atoms with Crippen LogP contribution in [0.5, 0.6) is 0 Å². The van der Waals surface area contributed by atoms with Crippen LogP contribution in [0.4, 0.5) is 13.2 Å². The molecule has 0 N–H and O–H groups in total. The van der Waals surface area contributed by atoms with Gasteiger partial charge in [0.25, 0.3) is 0 Å². The van der Waals surface area contributed by atoms with Crippen LogP contribution in [0.1, 0.15) is 5.56 Å². The molecule has 84 valence electrons. The molecule has 5 heteroatoms. The van der Waals surface area contributed by atoms with Crippen LogP contribution in [0.25, 0.3) is 11.1 Å². The molecular formula is C12H5F3N2. The Morgan fingerprint density at radius 2 is 1.65 bits per heavy atom. The first-order chi connectivity index (χ1) is 8.10. The summed E-state index contributed by atoms with van der Waals surface area (Å²) in [6.07, 6.45) is 0. The van der Waals surface area contributed by atoms with Gasteiger partial charge in [0.2, 0.25) is 11.9 Å². The van der Waals surface area contributed by atoms with E-state index in [1.54, 1.807) is 0 Å². The highest BCUT2D eigenvalue weighted by Gasteiger charge is 2.09. The van der Waals surface area contributed by atoms with Crippen molar-refractivity contribution >= 4 is 0 Å². The molecule has 0 fully saturated rings. The number of pyridine rings is 1. The first kappa shape index (κ1) is 11.1. The first-order valence-corrected chi connectivity index (χ1v) is 4.63. The number of halogens is 3. The van der Waals surface area contributed by atoms with Crippen LogP contribution in [0.3, 0.4) is 0 Å². The smallest absolute Gasteiger partial charge is 0.206 e. The monoisotopic (exact) mass is 234 g/mol. The maximum absolute atomic E-state index is 13.5. The molecule has 2 aromatic rings. The second-order valence-electron chi connectivity index (χ2n) is 3.31. The molecule has 0 aliphatic carbocycles. The van der Waals surface area contributed by atoms with Gasteiger partial charge in [-0.2, -0.15) is 19.0 Å². The van der Waals surface area contributed by atoms with Crippen molar-refractivity contribution in [3.05, 3.63) is 53.6 Å². The molecule has 0 aliphatic heterocycles. The van der Waals surface area contributed by atoms with E-state index in [1.165, 1.54) is 12.1 Å². The Morgan fingerprint density at radius 3 is 2.24 bits per heavy atom. The number of nitriles is 1. The van der Waals surface area contributed by atoms with Crippen molar-refractivity contribution in [3.8, 4) is 17.2 Å². The maximum atomic E-state index is 13.5. The summed E-state index contributed by atoms with van der Waals surface area (Å²) in [7, 11) is 0. The average molecular weight is 234 g/mol. The standard InChI is InChI=1S/C12H5F3N2/c13-10-2-1-7(6-16)3-9(10)8-4-11(14)17-12(15)5-8/h1-5H. The molecule has 0 aliphatic rings. The van der Waals surface area contributed by atoms with E-state index in [0.717, 1.165) is 18.2 Å². The molecule has 0 spiro atoms. The Bertz CT molecular complexity index is 597. The summed E-state index contributed by atoms with van der Waals surface area (Å²) < 4.78 is 39.3. The molecule has 17 heavy (non-hydrogen) atoms. The van der Waals surface area contributed by atoms with Gasteiger partial charge < -0.3 is 0 Å². The zero-order chi connectivity index (χ0) is 12.4. The fourth-order valence-corrected chi connectivity index (χ4v) is 1.44. The molecule has 0 saturated carbocycles. The van der Waals surface area contributed by atoms with Crippen molar-refractivity contribution in [2.45, 2.75) is 0 Å². The molecule has 0 amide bonds. The van der Waals surface area contributed by atoms with Gasteiger partial charge in [-0.25, -0.2) is 4.39 Å². The number of hydrogen-bond donors (Lipinski definition) is 0. The number of hydrogen-bond acceptors (Lipinski definition) is 2. The van der Waals surface area contributed by atoms with Crippen LogP contribution in [-0.2, 0) is 0 Å². The highest BCUT2D eigenvalue weighted by atomic mass is 19.1. The number of aromatic nitrogens is 1. The third kappa shape index (κ3) is 2.26. The van der Waals surface area contributed by atoms with E-state index in [2.05, 4.69) is 4.98 Å². The van der Waals surface area contributed by atoms with Crippen molar-refractivity contribution < 1.29 is 13.2 Å². The van der Waals surface area contributed by atoms with Gasteiger partial charge in [0, 0.05) is 17.7 Å². The lowest BCUT2D eigenvalue weighted by molar-refractivity contribution is 0.513. The number of rotatable bonds is 1. The van der Waals surface area contributed by atoms with Gasteiger partial charge in [-0.15, -0.1) is 0 Å². The molecule has 0 atom stereocenters. The normalized spacial score (nSPS) is 10.0. The summed E-state index contributed by atoms with van der Waals surface area (Å²) in [5, 5.41) is 8.68. The number of benzene rings is 1. The summed E-state index contributed by atoms with van der Waals surface area (Å²) in [5.74, 6) is -2.74. The Morgan fingerprint density at radius 1 is 1.00 bits per heavy atom. The van der Waals surface area contributed by atoms with E-state index in [-0.39, 0.29) is 16.7 Å². The van der Waals surface area contributed by atoms with Crippen molar-refractivity contribution in [1.82, 2.24) is 4.98 Å². The average Bonchev–Trinajstić information content (AvgIpc) is 2.28. The summed E-state index contributed by atoms with van der Waals surface area (Å²) in [6.45, 7) is 0. The molecule has 1 heterocycles. The van der Waals surface area contributed by atoms with Gasteiger partial charge in [0.15, 0.2) is 0 Å². The largest absolute Gasteiger partial charge is 0.216 e. The molecule has 2 rings (SSSR count). The van der Waals surface area contributed by atoms with Gasteiger partial charge in [-0.3, -0.25) is 0 Å². The summed E-state index contributed by atoms with van der Waals surface area (Å²) in [6, 6.07) is 7.22. The maximum Gasteiger partial charge on any atom is 0.216 e. The molecule has 1 aromatic heterocycles.